The maximum absolute atomic E-state index is 11.8. The summed E-state index contributed by atoms with van der Waals surface area (Å²) in [6.45, 7) is 3.73. The number of hydrogen-bond acceptors (Lipinski definition) is 3. The van der Waals surface area contributed by atoms with E-state index in [2.05, 4.69) is 16.9 Å². The SMILES string of the molecule is CCCNC(=O)c1cccc(NCCCCSC)c1. The fourth-order valence-corrected chi connectivity index (χ4v) is 2.21. The first kappa shape index (κ1) is 15.9. The fourth-order valence-electron chi connectivity index (χ4n) is 1.72. The second-order valence-corrected chi connectivity index (χ2v) is 5.45. The maximum Gasteiger partial charge on any atom is 0.251 e. The van der Waals surface area contributed by atoms with Crippen molar-refractivity contribution in [3.8, 4) is 0 Å². The molecule has 1 aromatic carbocycles. The smallest absolute Gasteiger partial charge is 0.251 e. The minimum Gasteiger partial charge on any atom is -0.385 e. The van der Waals surface area contributed by atoms with Gasteiger partial charge in [-0.25, -0.2) is 0 Å². The summed E-state index contributed by atoms with van der Waals surface area (Å²) in [5, 5.41) is 6.26. The molecule has 2 N–H and O–H groups in total. The van der Waals surface area contributed by atoms with E-state index in [1.807, 2.05) is 43.0 Å². The molecule has 0 bridgehead atoms. The van der Waals surface area contributed by atoms with Crippen molar-refractivity contribution in [3.05, 3.63) is 29.8 Å². The van der Waals surface area contributed by atoms with Gasteiger partial charge in [0.25, 0.3) is 5.91 Å². The first-order valence-electron chi connectivity index (χ1n) is 6.89. The Hall–Kier alpha value is -1.16. The number of nitrogens with one attached hydrogen (secondary N) is 2. The topological polar surface area (TPSA) is 41.1 Å². The third kappa shape index (κ3) is 6.53. The number of carbonyl (C=O) groups excluding carboxylic acids is 1. The molecule has 4 heteroatoms. The number of amides is 1. The Morgan fingerprint density at radius 3 is 2.84 bits per heavy atom. The Morgan fingerprint density at radius 2 is 2.11 bits per heavy atom. The fraction of sp³-hybridized carbons (Fsp3) is 0.533. The van der Waals surface area contributed by atoms with Gasteiger partial charge in [-0.15, -0.1) is 0 Å². The van der Waals surface area contributed by atoms with Crippen molar-refractivity contribution in [1.29, 1.82) is 0 Å². The predicted octanol–water partition coefficient (Wildman–Crippen LogP) is 3.38. The van der Waals surface area contributed by atoms with E-state index in [1.165, 1.54) is 12.2 Å². The number of thioether (sulfide) groups is 1. The molecule has 0 aliphatic carbocycles. The van der Waals surface area contributed by atoms with Gasteiger partial charge >= 0.3 is 0 Å². The van der Waals surface area contributed by atoms with Gasteiger partial charge in [-0.2, -0.15) is 11.8 Å². The Morgan fingerprint density at radius 1 is 1.26 bits per heavy atom. The van der Waals surface area contributed by atoms with E-state index in [-0.39, 0.29) is 5.91 Å². The van der Waals surface area contributed by atoms with Crippen LogP contribution in [0, 0.1) is 0 Å². The summed E-state index contributed by atoms with van der Waals surface area (Å²) in [5.41, 5.74) is 1.75. The summed E-state index contributed by atoms with van der Waals surface area (Å²) in [5.74, 6) is 1.22. The lowest BCUT2D eigenvalue weighted by Gasteiger charge is -2.08. The van der Waals surface area contributed by atoms with Gasteiger partial charge < -0.3 is 10.6 Å². The molecule has 0 aliphatic rings. The van der Waals surface area contributed by atoms with Crippen molar-refractivity contribution in [2.75, 3.05) is 30.4 Å². The highest BCUT2D eigenvalue weighted by Gasteiger charge is 2.04. The number of rotatable bonds is 9. The molecule has 19 heavy (non-hydrogen) atoms. The van der Waals surface area contributed by atoms with Crippen LogP contribution >= 0.6 is 11.8 Å². The average molecular weight is 280 g/mol. The number of unbranched alkanes of at least 4 members (excludes halogenated alkanes) is 1. The van der Waals surface area contributed by atoms with E-state index in [4.69, 9.17) is 0 Å². The van der Waals surface area contributed by atoms with Crippen LogP contribution in [0.15, 0.2) is 24.3 Å². The summed E-state index contributed by atoms with van der Waals surface area (Å²) >= 11 is 1.88. The molecule has 0 unspecified atom stereocenters. The van der Waals surface area contributed by atoms with Gasteiger partial charge in [0.1, 0.15) is 0 Å². The summed E-state index contributed by atoms with van der Waals surface area (Å²) in [6.07, 6.45) is 5.48. The quantitative estimate of drug-likeness (QED) is 0.681. The van der Waals surface area contributed by atoms with Crippen LogP contribution in [0.5, 0.6) is 0 Å². The van der Waals surface area contributed by atoms with Crippen LogP contribution in [0.1, 0.15) is 36.5 Å². The molecule has 0 fully saturated rings. The molecule has 106 valence electrons. The number of hydrogen-bond donors (Lipinski definition) is 2. The second-order valence-electron chi connectivity index (χ2n) is 4.46. The van der Waals surface area contributed by atoms with Crippen LogP contribution in [-0.4, -0.2) is 31.0 Å². The van der Waals surface area contributed by atoms with Crippen molar-refractivity contribution >= 4 is 23.4 Å². The zero-order chi connectivity index (χ0) is 13.9. The lowest BCUT2D eigenvalue weighted by Crippen LogP contribution is -2.23. The monoisotopic (exact) mass is 280 g/mol. The molecule has 0 saturated carbocycles. The first-order chi connectivity index (χ1) is 9.27. The van der Waals surface area contributed by atoms with Crippen molar-refractivity contribution < 1.29 is 4.79 Å². The predicted molar refractivity (Wildman–Crippen MR) is 85.2 cm³/mol. The van der Waals surface area contributed by atoms with E-state index in [1.54, 1.807) is 0 Å². The highest BCUT2D eigenvalue weighted by atomic mass is 32.2. The highest BCUT2D eigenvalue weighted by Crippen LogP contribution is 2.11. The summed E-state index contributed by atoms with van der Waals surface area (Å²) in [7, 11) is 0. The van der Waals surface area contributed by atoms with Gasteiger partial charge in [0, 0.05) is 24.3 Å². The van der Waals surface area contributed by atoms with E-state index < -0.39 is 0 Å². The standard InChI is InChI=1S/C15H24N2OS/c1-3-9-17-15(18)13-7-6-8-14(12-13)16-10-4-5-11-19-2/h6-8,12,16H,3-5,9-11H2,1-2H3,(H,17,18). The van der Waals surface area contributed by atoms with Crippen molar-refractivity contribution in [2.45, 2.75) is 26.2 Å². The molecule has 0 aromatic heterocycles. The first-order valence-corrected chi connectivity index (χ1v) is 8.28. The molecular weight excluding hydrogens is 256 g/mol. The second kappa shape index (κ2) is 9.73. The lowest BCUT2D eigenvalue weighted by atomic mass is 10.2. The molecule has 1 amide bonds. The molecule has 1 aromatic rings. The third-order valence-corrected chi connectivity index (χ3v) is 3.46. The highest BCUT2D eigenvalue weighted by molar-refractivity contribution is 7.98. The largest absolute Gasteiger partial charge is 0.385 e. The lowest BCUT2D eigenvalue weighted by molar-refractivity contribution is 0.0953. The molecule has 0 radical (unpaired) electrons. The number of carbonyl (C=O) groups is 1. The Kier molecular flexibility index (Phi) is 8.14. The molecule has 0 spiro atoms. The van der Waals surface area contributed by atoms with E-state index >= 15 is 0 Å². The molecule has 0 heterocycles. The molecule has 0 aliphatic heterocycles. The van der Waals surface area contributed by atoms with Crippen LogP contribution in [0.2, 0.25) is 0 Å². The van der Waals surface area contributed by atoms with E-state index in [0.717, 1.165) is 37.2 Å². The van der Waals surface area contributed by atoms with Crippen LogP contribution in [0.4, 0.5) is 5.69 Å². The summed E-state index contributed by atoms with van der Waals surface area (Å²) in [4.78, 5) is 11.8. The average Bonchev–Trinajstić information content (AvgIpc) is 2.45. The number of anilines is 1. The third-order valence-electron chi connectivity index (χ3n) is 2.76. The normalized spacial score (nSPS) is 10.2. The Bertz CT molecular complexity index is 382. The summed E-state index contributed by atoms with van der Waals surface area (Å²) < 4.78 is 0. The van der Waals surface area contributed by atoms with Gasteiger partial charge in [-0.05, 0) is 49.5 Å². The molecule has 0 atom stereocenters. The Labute approximate surface area is 120 Å². The van der Waals surface area contributed by atoms with Crippen LogP contribution in [-0.2, 0) is 0 Å². The van der Waals surface area contributed by atoms with Gasteiger partial charge in [0.15, 0.2) is 0 Å². The summed E-state index contributed by atoms with van der Waals surface area (Å²) in [6, 6.07) is 7.69. The van der Waals surface area contributed by atoms with Gasteiger partial charge in [-0.1, -0.05) is 13.0 Å². The zero-order valence-corrected chi connectivity index (χ0v) is 12.7. The van der Waals surface area contributed by atoms with Crippen LogP contribution in [0.25, 0.3) is 0 Å². The van der Waals surface area contributed by atoms with Gasteiger partial charge in [-0.3, -0.25) is 4.79 Å². The van der Waals surface area contributed by atoms with Crippen LogP contribution < -0.4 is 10.6 Å². The number of benzene rings is 1. The minimum absolute atomic E-state index is 0.00730. The van der Waals surface area contributed by atoms with Crippen molar-refractivity contribution in [3.63, 3.8) is 0 Å². The Balaban J connectivity index is 2.41. The van der Waals surface area contributed by atoms with Crippen molar-refractivity contribution in [1.82, 2.24) is 5.32 Å². The zero-order valence-electron chi connectivity index (χ0n) is 11.9. The molecule has 3 nitrogen and oxygen atoms in total. The molecule has 1 rings (SSSR count). The van der Waals surface area contributed by atoms with E-state index in [0.29, 0.717) is 0 Å². The van der Waals surface area contributed by atoms with Crippen LogP contribution in [0.3, 0.4) is 0 Å². The maximum atomic E-state index is 11.8. The minimum atomic E-state index is 0.00730. The molecular formula is C15H24N2OS. The van der Waals surface area contributed by atoms with E-state index in [9.17, 15) is 4.79 Å². The van der Waals surface area contributed by atoms with Crippen molar-refractivity contribution in [2.24, 2.45) is 0 Å². The van der Waals surface area contributed by atoms with Gasteiger partial charge in [0.05, 0.1) is 0 Å². The molecule has 0 saturated heterocycles. The van der Waals surface area contributed by atoms with Gasteiger partial charge in [0.2, 0.25) is 0 Å².